The summed E-state index contributed by atoms with van der Waals surface area (Å²) in [4.78, 5) is 15.1. The van der Waals surface area contributed by atoms with Crippen molar-refractivity contribution in [2.75, 3.05) is 0 Å². The Labute approximate surface area is 322 Å². The molecule has 5 nitrogen and oxygen atoms in total. The van der Waals surface area contributed by atoms with Gasteiger partial charge in [-0.25, -0.2) is 15.0 Å². The lowest BCUT2D eigenvalue weighted by Crippen LogP contribution is -2.00. The zero-order valence-electron chi connectivity index (χ0n) is 30.1. The largest absolute Gasteiger partial charge is 0.456 e. The van der Waals surface area contributed by atoms with Crippen molar-refractivity contribution in [3.05, 3.63) is 188 Å². The fourth-order valence-corrected chi connectivity index (χ4v) is 7.84. The van der Waals surface area contributed by atoms with Gasteiger partial charge >= 0.3 is 0 Å². The van der Waals surface area contributed by atoms with Gasteiger partial charge in [-0.05, 0) is 70.3 Å². The lowest BCUT2D eigenvalue weighted by molar-refractivity contribution is 0.669. The van der Waals surface area contributed by atoms with Crippen LogP contribution >= 0.6 is 0 Å². The summed E-state index contributed by atoms with van der Waals surface area (Å²) in [5.74, 6) is 1.79. The van der Waals surface area contributed by atoms with Crippen LogP contribution in [0.1, 0.15) is 0 Å². The number of hydrogen-bond donors (Lipinski definition) is 0. The van der Waals surface area contributed by atoms with E-state index >= 15 is 0 Å². The summed E-state index contributed by atoms with van der Waals surface area (Å²) in [6, 6.07) is 64.5. The Hall–Kier alpha value is -7.63. The molecule has 0 N–H and O–H groups in total. The van der Waals surface area contributed by atoms with Crippen molar-refractivity contribution < 1.29 is 8.83 Å². The van der Waals surface area contributed by atoms with E-state index in [9.17, 15) is 0 Å². The molecule has 0 bridgehead atoms. The van der Waals surface area contributed by atoms with Crippen LogP contribution in [0.5, 0.6) is 0 Å². The van der Waals surface area contributed by atoms with Gasteiger partial charge in [0.05, 0.1) is 0 Å². The topological polar surface area (TPSA) is 65.0 Å². The molecule has 0 atom stereocenters. The molecule has 11 rings (SSSR count). The van der Waals surface area contributed by atoms with Crippen LogP contribution in [0, 0.1) is 0 Å². The van der Waals surface area contributed by atoms with Gasteiger partial charge in [0.1, 0.15) is 22.3 Å². The molecule has 3 aromatic heterocycles. The highest BCUT2D eigenvalue weighted by Crippen LogP contribution is 2.43. The highest BCUT2D eigenvalue weighted by Gasteiger charge is 2.20. The van der Waals surface area contributed by atoms with Gasteiger partial charge in [0, 0.05) is 43.8 Å². The molecule has 0 fully saturated rings. The number of furan rings is 2. The molecule has 0 saturated heterocycles. The summed E-state index contributed by atoms with van der Waals surface area (Å²) in [6.45, 7) is 0. The van der Waals surface area contributed by atoms with Gasteiger partial charge in [0.15, 0.2) is 17.5 Å². The smallest absolute Gasteiger partial charge is 0.164 e. The lowest BCUT2D eigenvalue weighted by atomic mass is 9.93. The second-order valence-electron chi connectivity index (χ2n) is 14.0. The third-order valence-electron chi connectivity index (χ3n) is 10.5. The van der Waals surface area contributed by atoms with Gasteiger partial charge in [0.2, 0.25) is 0 Å². The predicted molar refractivity (Wildman–Crippen MR) is 227 cm³/mol. The van der Waals surface area contributed by atoms with Crippen molar-refractivity contribution in [2.24, 2.45) is 0 Å². The minimum Gasteiger partial charge on any atom is -0.456 e. The Balaban J connectivity index is 1.07. The monoisotopic (exact) mass is 717 g/mol. The Morgan fingerprint density at radius 3 is 1.64 bits per heavy atom. The maximum absolute atomic E-state index is 6.64. The van der Waals surface area contributed by atoms with E-state index in [2.05, 4.69) is 127 Å². The number of para-hydroxylation sites is 1. The van der Waals surface area contributed by atoms with Gasteiger partial charge < -0.3 is 8.83 Å². The summed E-state index contributed by atoms with van der Waals surface area (Å²) < 4.78 is 13.1. The highest BCUT2D eigenvalue weighted by atomic mass is 16.3. The second-order valence-corrected chi connectivity index (χ2v) is 14.0. The third kappa shape index (κ3) is 5.45. The van der Waals surface area contributed by atoms with Gasteiger partial charge in [-0.15, -0.1) is 0 Å². The summed E-state index contributed by atoms with van der Waals surface area (Å²) >= 11 is 0. The van der Waals surface area contributed by atoms with E-state index in [1.807, 2.05) is 60.7 Å². The van der Waals surface area contributed by atoms with E-state index in [1.54, 1.807) is 0 Å². The molecule has 262 valence electrons. The number of aromatic nitrogens is 3. The number of benzene rings is 8. The number of rotatable bonds is 6. The van der Waals surface area contributed by atoms with Crippen LogP contribution in [0.2, 0.25) is 0 Å². The minimum atomic E-state index is 0.575. The average molecular weight is 718 g/mol. The normalized spacial score (nSPS) is 11.6. The molecule has 5 heteroatoms. The van der Waals surface area contributed by atoms with Crippen LogP contribution in [0.25, 0.3) is 111 Å². The molecular weight excluding hydrogens is 687 g/mol. The SMILES string of the molecule is c1ccc(-c2cccc(-c3nc(-c4ccccc4)nc(-c4ccc5c(c4)oc4cccc(-c6cc(-c7ccccc7)c7oc8ccccc8c7c6)c45)n3)c2)cc1. The van der Waals surface area contributed by atoms with Gasteiger partial charge in [0.25, 0.3) is 0 Å². The van der Waals surface area contributed by atoms with E-state index in [0.717, 1.165) is 93.9 Å². The molecule has 0 spiro atoms. The molecule has 0 radical (unpaired) electrons. The predicted octanol–water partition coefficient (Wildman–Crippen LogP) is 13.7. The van der Waals surface area contributed by atoms with Gasteiger partial charge in [-0.2, -0.15) is 0 Å². The first-order valence-corrected chi connectivity index (χ1v) is 18.7. The maximum atomic E-state index is 6.64. The van der Waals surface area contributed by atoms with Crippen molar-refractivity contribution in [3.8, 4) is 67.5 Å². The summed E-state index contributed by atoms with van der Waals surface area (Å²) in [6.07, 6.45) is 0. The van der Waals surface area contributed by atoms with Gasteiger partial charge in [-0.3, -0.25) is 0 Å². The summed E-state index contributed by atoms with van der Waals surface area (Å²) in [5, 5.41) is 4.25. The molecule has 0 saturated carbocycles. The van der Waals surface area contributed by atoms with Crippen LogP contribution in [-0.4, -0.2) is 15.0 Å². The zero-order chi connectivity index (χ0) is 37.0. The molecule has 8 aromatic carbocycles. The number of fused-ring (bicyclic) bond motifs is 6. The quantitative estimate of drug-likeness (QED) is 0.171. The Morgan fingerprint density at radius 1 is 0.286 bits per heavy atom. The van der Waals surface area contributed by atoms with Crippen LogP contribution in [0.4, 0.5) is 0 Å². The van der Waals surface area contributed by atoms with Gasteiger partial charge in [-0.1, -0.05) is 146 Å². The van der Waals surface area contributed by atoms with E-state index in [4.69, 9.17) is 23.8 Å². The summed E-state index contributed by atoms with van der Waals surface area (Å²) in [7, 11) is 0. The van der Waals surface area contributed by atoms with E-state index in [0.29, 0.717) is 17.5 Å². The average Bonchev–Trinajstić information content (AvgIpc) is 3.85. The molecule has 0 aliphatic heterocycles. The van der Waals surface area contributed by atoms with Crippen molar-refractivity contribution in [1.82, 2.24) is 15.0 Å². The van der Waals surface area contributed by atoms with Crippen molar-refractivity contribution in [3.63, 3.8) is 0 Å². The fourth-order valence-electron chi connectivity index (χ4n) is 7.84. The molecule has 0 amide bonds. The first kappa shape index (κ1) is 31.9. The molecule has 0 unspecified atom stereocenters. The molecule has 3 heterocycles. The lowest BCUT2D eigenvalue weighted by Gasteiger charge is -2.10. The number of nitrogens with zero attached hydrogens (tertiary/aromatic N) is 3. The van der Waals surface area contributed by atoms with Crippen LogP contribution < -0.4 is 0 Å². The molecule has 0 aliphatic carbocycles. The molecule has 56 heavy (non-hydrogen) atoms. The first-order valence-electron chi connectivity index (χ1n) is 18.7. The van der Waals surface area contributed by atoms with Crippen LogP contribution in [0.3, 0.4) is 0 Å². The molecular formula is C51H31N3O2. The Morgan fingerprint density at radius 2 is 0.875 bits per heavy atom. The Bertz CT molecular complexity index is 3240. The first-order chi connectivity index (χ1) is 27.7. The minimum absolute atomic E-state index is 0.575. The van der Waals surface area contributed by atoms with Crippen LogP contribution in [-0.2, 0) is 0 Å². The molecule has 11 aromatic rings. The molecule has 0 aliphatic rings. The van der Waals surface area contributed by atoms with Crippen LogP contribution in [0.15, 0.2) is 197 Å². The number of hydrogen-bond acceptors (Lipinski definition) is 5. The summed E-state index contributed by atoms with van der Waals surface area (Å²) in [5.41, 5.74) is 12.6. The van der Waals surface area contributed by atoms with Crippen molar-refractivity contribution in [1.29, 1.82) is 0 Å². The van der Waals surface area contributed by atoms with E-state index in [-0.39, 0.29) is 0 Å². The fraction of sp³-hybridized carbons (Fsp3) is 0. The second kappa shape index (κ2) is 13.0. The third-order valence-corrected chi connectivity index (χ3v) is 10.5. The van der Waals surface area contributed by atoms with E-state index in [1.165, 1.54) is 0 Å². The Kier molecular flexibility index (Phi) is 7.42. The zero-order valence-corrected chi connectivity index (χ0v) is 30.1. The van der Waals surface area contributed by atoms with Crippen molar-refractivity contribution in [2.45, 2.75) is 0 Å². The van der Waals surface area contributed by atoms with Crippen molar-refractivity contribution >= 4 is 43.9 Å². The maximum Gasteiger partial charge on any atom is 0.164 e. The standard InChI is InChI=1S/C51H31N3O2/c1-4-14-32(15-5-1)35-20-12-21-36(28-35)50-52-49(34-18-8-3-9-19-34)53-51(54-50)37-26-27-41-46(31-37)55-45-25-13-23-39(47(41)45)38-29-42(33-16-6-2-7-17-33)48-43(30-38)40-22-10-11-24-44(40)56-48/h1-31H. The van der Waals surface area contributed by atoms with E-state index < -0.39 is 0 Å². The highest BCUT2D eigenvalue weighted by molar-refractivity contribution is 6.16.